The van der Waals surface area contributed by atoms with E-state index in [0.29, 0.717) is 5.92 Å². The van der Waals surface area contributed by atoms with Gasteiger partial charge in [0.1, 0.15) is 5.75 Å². The van der Waals surface area contributed by atoms with Crippen LogP contribution in [0.15, 0.2) is 24.3 Å². The van der Waals surface area contributed by atoms with Crippen LogP contribution in [0.1, 0.15) is 43.6 Å². The van der Waals surface area contributed by atoms with E-state index in [1.54, 1.807) is 0 Å². The summed E-state index contributed by atoms with van der Waals surface area (Å²) in [7, 11) is 0. The lowest BCUT2D eigenvalue weighted by Gasteiger charge is -2.17. The van der Waals surface area contributed by atoms with Crippen molar-refractivity contribution in [2.45, 2.75) is 38.0 Å². The predicted molar refractivity (Wildman–Crippen MR) is 74.1 cm³/mol. The van der Waals surface area contributed by atoms with Gasteiger partial charge in [0.15, 0.2) is 0 Å². The van der Waals surface area contributed by atoms with Crippen LogP contribution in [0.5, 0.6) is 5.75 Å². The molecule has 1 N–H and O–H groups in total. The number of ether oxygens (including phenoxy) is 1. The maximum Gasteiger partial charge on any atom is 0.122 e. The first kappa shape index (κ1) is 12.0. The molecule has 0 radical (unpaired) electrons. The van der Waals surface area contributed by atoms with Gasteiger partial charge in [-0.25, -0.2) is 0 Å². The van der Waals surface area contributed by atoms with Crippen LogP contribution in [0.2, 0.25) is 0 Å². The summed E-state index contributed by atoms with van der Waals surface area (Å²) in [4.78, 5) is 0. The first-order valence-corrected chi connectivity index (χ1v) is 7.36. The Balaban J connectivity index is 1.66. The van der Waals surface area contributed by atoms with E-state index in [1.807, 2.05) is 0 Å². The normalized spacial score (nSPS) is 24.6. The van der Waals surface area contributed by atoms with Gasteiger partial charge < -0.3 is 10.1 Å². The molecule has 1 aromatic carbocycles. The first-order valence-electron chi connectivity index (χ1n) is 7.36. The lowest BCUT2D eigenvalue weighted by molar-refractivity contribution is 0.256. The topological polar surface area (TPSA) is 21.3 Å². The third-order valence-corrected chi connectivity index (χ3v) is 4.35. The molecule has 0 bridgehead atoms. The molecule has 18 heavy (non-hydrogen) atoms. The maximum atomic E-state index is 6.09. The predicted octanol–water partition coefficient (Wildman–Crippen LogP) is 3.33. The van der Waals surface area contributed by atoms with Crippen molar-refractivity contribution in [3.63, 3.8) is 0 Å². The van der Waals surface area contributed by atoms with Crippen molar-refractivity contribution < 1.29 is 4.74 Å². The highest BCUT2D eigenvalue weighted by atomic mass is 16.5. The minimum absolute atomic E-state index is 0.696. The van der Waals surface area contributed by atoms with Crippen LogP contribution in [-0.4, -0.2) is 19.7 Å². The molecule has 2 aliphatic rings. The summed E-state index contributed by atoms with van der Waals surface area (Å²) >= 11 is 0. The average molecular weight is 245 g/mol. The summed E-state index contributed by atoms with van der Waals surface area (Å²) in [6.45, 7) is 3.14. The summed E-state index contributed by atoms with van der Waals surface area (Å²) in [5.74, 6) is 2.57. The summed E-state index contributed by atoms with van der Waals surface area (Å²) in [5.41, 5.74) is 1.45. The molecular weight excluding hydrogens is 222 g/mol. The van der Waals surface area contributed by atoms with E-state index in [2.05, 4.69) is 29.6 Å². The van der Waals surface area contributed by atoms with Crippen LogP contribution in [0, 0.1) is 5.92 Å². The van der Waals surface area contributed by atoms with Crippen LogP contribution in [0.25, 0.3) is 0 Å². The second-order valence-electron chi connectivity index (χ2n) is 5.69. The molecule has 2 nitrogen and oxygen atoms in total. The molecule has 1 aliphatic heterocycles. The third-order valence-electron chi connectivity index (χ3n) is 4.35. The van der Waals surface area contributed by atoms with E-state index in [0.717, 1.165) is 31.4 Å². The zero-order valence-corrected chi connectivity index (χ0v) is 11.0. The average Bonchev–Trinajstić information content (AvgIpc) is 3.10. The standard InChI is InChI=1S/C16H23NO/c1-2-6-14(5-1)15-7-3-4-8-16(15)18-12-13-9-10-17-11-13/h3-4,7-8,13-14,17H,1-2,5-6,9-12H2/t13-/m0/s1. The lowest BCUT2D eigenvalue weighted by Crippen LogP contribution is -2.16. The van der Waals surface area contributed by atoms with Crippen molar-refractivity contribution in [3.8, 4) is 5.75 Å². The van der Waals surface area contributed by atoms with E-state index >= 15 is 0 Å². The maximum absolute atomic E-state index is 6.09. The van der Waals surface area contributed by atoms with E-state index in [4.69, 9.17) is 4.74 Å². The van der Waals surface area contributed by atoms with Gasteiger partial charge in [0.05, 0.1) is 6.61 Å². The number of rotatable bonds is 4. The number of nitrogens with one attached hydrogen (secondary N) is 1. The lowest BCUT2D eigenvalue weighted by atomic mass is 9.97. The SMILES string of the molecule is c1ccc(C2CCCC2)c(OC[C@H]2CCNC2)c1. The minimum atomic E-state index is 0.696. The van der Waals surface area contributed by atoms with Gasteiger partial charge in [0.25, 0.3) is 0 Å². The number of benzene rings is 1. The van der Waals surface area contributed by atoms with Gasteiger partial charge in [-0.2, -0.15) is 0 Å². The monoisotopic (exact) mass is 245 g/mol. The molecule has 2 heteroatoms. The van der Waals surface area contributed by atoms with Gasteiger partial charge >= 0.3 is 0 Å². The highest BCUT2D eigenvalue weighted by molar-refractivity contribution is 5.36. The van der Waals surface area contributed by atoms with Crippen LogP contribution >= 0.6 is 0 Å². The Bertz CT molecular complexity index is 378. The second-order valence-corrected chi connectivity index (χ2v) is 5.69. The van der Waals surface area contributed by atoms with Gasteiger partial charge in [-0.3, -0.25) is 0 Å². The van der Waals surface area contributed by atoms with E-state index in [9.17, 15) is 0 Å². The Kier molecular flexibility index (Phi) is 3.84. The van der Waals surface area contributed by atoms with Gasteiger partial charge in [-0.15, -0.1) is 0 Å². The van der Waals surface area contributed by atoms with Gasteiger partial charge in [-0.05, 0) is 43.4 Å². The summed E-state index contributed by atoms with van der Waals surface area (Å²) in [6, 6.07) is 8.66. The molecule has 0 unspecified atom stereocenters. The molecule has 1 saturated heterocycles. The minimum Gasteiger partial charge on any atom is -0.493 e. The van der Waals surface area contributed by atoms with Crippen molar-refractivity contribution in [2.24, 2.45) is 5.92 Å². The highest BCUT2D eigenvalue weighted by Crippen LogP contribution is 2.38. The van der Waals surface area contributed by atoms with E-state index < -0.39 is 0 Å². The number of hydrogen-bond acceptors (Lipinski definition) is 2. The molecule has 0 spiro atoms. The molecule has 98 valence electrons. The Labute approximate surface area is 110 Å². The van der Waals surface area contributed by atoms with Crippen molar-refractivity contribution in [3.05, 3.63) is 29.8 Å². The molecule has 2 fully saturated rings. The highest BCUT2D eigenvalue weighted by Gasteiger charge is 2.21. The van der Waals surface area contributed by atoms with Crippen molar-refractivity contribution >= 4 is 0 Å². The van der Waals surface area contributed by atoms with Crippen molar-refractivity contribution in [2.75, 3.05) is 19.7 Å². The van der Waals surface area contributed by atoms with Gasteiger partial charge in [0.2, 0.25) is 0 Å². The zero-order chi connectivity index (χ0) is 12.2. The third kappa shape index (κ3) is 2.69. The molecule has 1 aromatic rings. The Hall–Kier alpha value is -1.02. The summed E-state index contributed by atoms with van der Waals surface area (Å²) in [5, 5.41) is 3.40. The molecule has 1 saturated carbocycles. The number of hydrogen-bond donors (Lipinski definition) is 1. The van der Waals surface area contributed by atoms with Crippen LogP contribution in [0.4, 0.5) is 0 Å². The molecule has 1 atom stereocenters. The Morgan fingerprint density at radius 2 is 1.94 bits per heavy atom. The Morgan fingerprint density at radius 1 is 1.11 bits per heavy atom. The fourth-order valence-electron chi connectivity index (χ4n) is 3.25. The summed E-state index contributed by atoms with van der Waals surface area (Å²) < 4.78 is 6.09. The quantitative estimate of drug-likeness (QED) is 0.878. The van der Waals surface area contributed by atoms with Gasteiger partial charge in [-0.1, -0.05) is 31.0 Å². The van der Waals surface area contributed by atoms with Crippen LogP contribution in [-0.2, 0) is 0 Å². The van der Waals surface area contributed by atoms with Crippen LogP contribution in [0.3, 0.4) is 0 Å². The van der Waals surface area contributed by atoms with Crippen molar-refractivity contribution in [1.82, 2.24) is 5.32 Å². The smallest absolute Gasteiger partial charge is 0.122 e. The first-order chi connectivity index (χ1) is 8.93. The van der Waals surface area contributed by atoms with Gasteiger partial charge in [0, 0.05) is 12.5 Å². The Morgan fingerprint density at radius 3 is 2.72 bits per heavy atom. The molecular formula is C16H23NO. The molecule has 0 amide bonds. The molecule has 3 rings (SSSR count). The molecule has 0 aromatic heterocycles. The second kappa shape index (κ2) is 5.75. The van der Waals surface area contributed by atoms with E-state index in [1.165, 1.54) is 37.7 Å². The van der Waals surface area contributed by atoms with E-state index in [-0.39, 0.29) is 0 Å². The fourth-order valence-corrected chi connectivity index (χ4v) is 3.25. The zero-order valence-electron chi connectivity index (χ0n) is 11.0. The largest absolute Gasteiger partial charge is 0.493 e. The van der Waals surface area contributed by atoms with Crippen molar-refractivity contribution in [1.29, 1.82) is 0 Å². The molecule has 1 aliphatic carbocycles. The van der Waals surface area contributed by atoms with Crippen LogP contribution < -0.4 is 10.1 Å². The fraction of sp³-hybridized carbons (Fsp3) is 0.625. The molecule has 1 heterocycles. The summed E-state index contributed by atoms with van der Waals surface area (Å²) in [6.07, 6.45) is 6.69. The number of para-hydroxylation sites is 1.